The van der Waals surface area contributed by atoms with Gasteiger partial charge in [0.15, 0.2) is 29.6 Å². The van der Waals surface area contributed by atoms with E-state index >= 15 is 0 Å². The first-order valence-electron chi connectivity index (χ1n) is 14.1. The molecule has 0 aliphatic carbocycles. The number of urea groups is 1. The molecule has 1 aliphatic rings. The monoisotopic (exact) mass is 601 g/mol. The minimum Gasteiger partial charge on any atom is -0.493 e. The molecule has 1 saturated heterocycles. The number of anilines is 2. The molecule has 11 heteroatoms. The molecule has 1 heterocycles. The number of hydrogen-bond donors (Lipinski definition) is 2. The number of hydrogen-bond acceptors (Lipinski definition) is 8. The van der Waals surface area contributed by atoms with E-state index in [1.165, 1.54) is 19.3 Å². The van der Waals surface area contributed by atoms with Crippen molar-refractivity contribution in [3.63, 3.8) is 0 Å². The maximum atomic E-state index is 13.5. The Labute approximate surface area is 255 Å². The molecule has 0 aromatic heterocycles. The standard InChI is InChI=1S/C33H35N3O8/c1-6-15-43-27-14-12-23(18-29(27)42-7-2)36-32(39)24(31(38)35-33(36)40)16-22-11-13-26(28(17-22)41-5)44-19-30(37)34-25-10-8-9-20(3)21(25)4/h8-14,16-18H,6-7,15,19H2,1-5H3,(H,34,37)(H,35,38,40)/b24-16+. The number of rotatable bonds is 12. The number of barbiturate groups is 1. The van der Waals surface area contributed by atoms with Gasteiger partial charge in [-0.3, -0.25) is 19.7 Å². The van der Waals surface area contributed by atoms with E-state index in [9.17, 15) is 19.2 Å². The van der Waals surface area contributed by atoms with Crippen LogP contribution in [0.5, 0.6) is 23.0 Å². The molecule has 2 N–H and O–H groups in total. The molecule has 44 heavy (non-hydrogen) atoms. The molecule has 11 nitrogen and oxygen atoms in total. The quantitative estimate of drug-likeness (QED) is 0.214. The normalized spacial score (nSPS) is 13.9. The van der Waals surface area contributed by atoms with E-state index < -0.39 is 17.8 Å². The van der Waals surface area contributed by atoms with Gasteiger partial charge in [-0.1, -0.05) is 25.1 Å². The number of carbonyl (C=O) groups excluding carboxylic acids is 4. The van der Waals surface area contributed by atoms with Gasteiger partial charge in [-0.15, -0.1) is 0 Å². The van der Waals surface area contributed by atoms with Crippen molar-refractivity contribution in [3.8, 4) is 23.0 Å². The van der Waals surface area contributed by atoms with Crippen LogP contribution < -0.4 is 34.5 Å². The van der Waals surface area contributed by atoms with Gasteiger partial charge in [0.25, 0.3) is 17.7 Å². The lowest BCUT2D eigenvalue weighted by Crippen LogP contribution is -2.54. The molecule has 0 unspecified atom stereocenters. The lowest BCUT2D eigenvalue weighted by molar-refractivity contribution is -0.122. The molecular formula is C33H35N3O8. The third-order valence-electron chi connectivity index (χ3n) is 6.78. The van der Waals surface area contributed by atoms with Crippen molar-refractivity contribution in [3.05, 3.63) is 76.9 Å². The second kappa shape index (κ2) is 14.2. The minimum absolute atomic E-state index is 0.207. The van der Waals surface area contributed by atoms with Gasteiger partial charge in [0.05, 0.1) is 26.0 Å². The number of carbonyl (C=O) groups is 4. The van der Waals surface area contributed by atoms with Crippen LogP contribution in [-0.2, 0) is 14.4 Å². The lowest BCUT2D eigenvalue weighted by atomic mass is 10.1. The highest BCUT2D eigenvalue weighted by molar-refractivity contribution is 6.39. The molecule has 0 spiro atoms. The van der Waals surface area contributed by atoms with E-state index in [-0.39, 0.29) is 35.3 Å². The van der Waals surface area contributed by atoms with Gasteiger partial charge >= 0.3 is 6.03 Å². The van der Waals surface area contributed by atoms with Crippen molar-refractivity contribution >= 4 is 41.2 Å². The summed E-state index contributed by atoms with van der Waals surface area (Å²) in [6.07, 6.45) is 2.14. The fourth-order valence-electron chi connectivity index (χ4n) is 4.40. The van der Waals surface area contributed by atoms with Crippen LogP contribution in [0.4, 0.5) is 16.2 Å². The highest BCUT2D eigenvalue weighted by Gasteiger charge is 2.37. The van der Waals surface area contributed by atoms with E-state index in [4.69, 9.17) is 18.9 Å². The highest BCUT2D eigenvalue weighted by Crippen LogP contribution is 2.34. The predicted molar refractivity (Wildman–Crippen MR) is 165 cm³/mol. The van der Waals surface area contributed by atoms with Crippen LogP contribution in [0.15, 0.2) is 60.2 Å². The van der Waals surface area contributed by atoms with Crippen LogP contribution in [0.3, 0.4) is 0 Å². The van der Waals surface area contributed by atoms with Crippen LogP contribution in [0.2, 0.25) is 0 Å². The summed E-state index contributed by atoms with van der Waals surface area (Å²) in [5.41, 5.74) is 3.09. The molecular weight excluding hydrogens is 566 g/mol. The van der Waals surface area contributed by atoms with Crippen molar-refractivity contribution in [2.45, 2.75) is 34.1 Å². The van der Waals surface area contributed by atoms with Crippen molar-refractivity contribution in [1.82, 2.24) is 5.32 Å². The molecule has 1 fully saturated rings. The van der Waals surface area contributed by atoms with Crippen molar-refractivity contribution < 1.29 is 38.1 Å². The van der Waals surface area contributed by atoms with E-state index in [1.54, 1.807) is 37.3 Å². The third kappa shape index (κ3) is 7.17. The van der Waals surface area contributed by atoms with Gasteiger partial charge in [-0.25, -0.2) is 9.69 Å². The zero-order valence-corrected chi connectivity index (χ0v) is 25.3. The molecule has 4 rings (SSSR count). The average Bonchev–Trinajstić information content (AvgIpc) is 3.00. The lowest BCUT2D eigenvalue weighted by Gasteiger charge is -2.27. The van der Waals surface area contributed by atoms with Gasteiger partial charge in [-0.2, -0.15) is 0 Å². The molecule has 1 aliphatic heterocycles. The van der Waals surface area contributed by atoms with Gasteiger partial charge in [-0.05, 0) is 80.3 Å². The Morgan fingerprint density at radius 2 is 1.66 bits per heavy atom. The van der Waals surface area contributed by atoms with E-state index in [1.807, 2.05) is 39.0 Å². The van der Waals surface area contributed by atoms with Crippen LogP contribution >= 0.6 is 0 Å². The number of benzene rings is 3. The summed E-state index contributed by atoms with van der Waals surface area (Å²) >= 11 is 0. The SMILES string of the molecule is CCCOc1ccc(N2C(=O)NC(=O)/C(=C\c3ccc(OCC(=O)Nc4cccc(C)c4C)c(OC)c3)C2=O)cc1OCC. The Bertz CT molecular complexity index is 1610. The zero-order chi connectivity index (χ0) is 31.8. The summed E-state index contributed by atoms with van der Waals surface area (Å²) in [7, 11) is 1.43. The number of aryl methyl sites for hydroxylation is 1. The topological polar surface area (TPSA) is 132 Å². The zero-order valence-electron chi connectivity index (χ0n) is 25.3. The Morgan fingerprint density at radius 1 is 0.909 bits per heavy atom. The molecule has 0 bridgehead atoms. The second-order valence-electron chi connectivity index (χ2n) is 9.86. The first-order chi connectivity index (χ1) is 21.2. The van der Waals surface area contributed by atoms with E-state index in [2.05, 4.69) is 10.6 Å². The Hall–Kier alpha value is -5.32. The number of ether oxygens (including phenoxy) is 4. The molecule has 5 amide bonds. The number of amides is 5. The van der Waals surface area contributed by atoms with Crippen LogP contribution in [0, 0.1) is 13.8 Å². The summed E-state index contributed by atoms with van der Waals surface area (Å²) in [5.74, 6) is -0.595. The summed E-state index contributed by atoms with van der Waals surface area (Å²) in [6.45, 7) is 8.20. The van der Waals surface area contributed by atoms with Gasteiger partial charge in [0.1, 0.15) is 5.57 Å². The number of nitrogens with one attached hydrogen (secondary N) is 2. The Morgan fingerprint density at radius 3 is 2.39 bits per heavy atom. The van der Waals surface area contributed by atoms with Gasteiger partial charge in [0, 0.05) is 11.8 Å². The van der Waals surface area contributed by atoms with Crippen molar-refractivity contribution in [1.29, 1.82) is 0 Å². The fraction of sp³-hybridized carbons (Fsp3) is 0.273. The smallest absolute Gasteiger partial charge is 0.335 e. The maximum absolute atomic E-state index is 13.5. The first-order valence-corrected chi connectivity index (χ1v) is 14.1. The molecule has 0 atom stereocenters. The summed E-state index contributed by atoms with van der Waals surface area (Å²) in [6, 6.07) is 14.1. The molecule has 0 radical (unpaired) electrons. The molecule has 3 aromatic rings. The molecule has 3 aromatic carbocycles. The molecule has 0 saturated carbocycles. The predicted octanol–water partition coefficient (Wildman–Crippen LogP) is 5.18. The Balaban J connectivity index is 1.53. The fourth-order valence-corrected chi connectivity index (χ4v) is 4.40. The highest BCUT2D eigenvalue weighted by atomic mass is 16.5. The van der Waals surface area contributed by atoms with E-state index in [0.29, 0.717) is 36.0 Å². The maximum Gasteiger partial charge on any atom is 0.335 e. The second-order valence-corrected chi connectivity index (χ2v) is 9.86. The first kappa shape index (κ1) is 31.6. The summed E-state index contributed by atoms with van der Waals surface area (Å²) in [5, 5.41) is 5.05. The minimum atomic E-state index is -0.887. The summed E-state index contributed by atoms with van der Waals surface area (Å²) < 4.78 is 22.5. The van der Waals surface area contributed by atoms with Crippen molar-refractivity contribution in [2.24, 2.45) is 0 Å². The van der Waals surface area contributed by atoms with Crippen LogP contribution in [0.1, 0.15) is 37.0 Å². The van der Waals surface area contributed by atoms with Crippen LogP contribution in [0.25, 0.3) is 6.08 Å². The van der Waals surface area contributed by atoms with Gasteiger partial charge in [0.2, 0.25) is 0 Å². The van der Waals surface area contributed by atoms with E-state index in [0.717, 1.165) is 22.4 Å². The van der Waals surface area contributed by atoms with Crippen molar-refractivity contribution in [2.75, 3.05) is 37.1 Å². The Kier molecular flexibility index (Phi) is 10.2. The molecule has 230 valence electrons. The van der Waals surface area contributed by atoms with Crippen LogP contribution in [-0.4, -0.2) is 50.7 Å². The number of methoxy groups -OCH3 is 1. The average molecular weight is 602 g/mol. The third-order valence-corrected chi connectivity index (χ3v) is 6.78. The number of imide groups is 2. The number of nitrogens with zero attached hydrogens (tertiary/aromatic N) is 1. The van der Waals surface area contributed by atoms with Gasteiger partial charge < -0.3 is 24.3 Å². The summed E-state index contributed by atoms with van der Waals surface area (Å²) in [4.78, 5) is 52.4. The largest absolute Gasteiger partial charge is 0.493 e.